The average molecular weight is 359 g/mol. The Hall–Kier alpha value is -1.81. The normalized spacial score (nSPS) is 22.9. The molecule has 1 atom stereocenters. The number of hydrogen-bond donors (Lipinski definition) is 2. The maximum Gasteiger partial charge on any atom is 0.137 e. The molecule has 3 aliphatic rings. The molecule has 0 radical (unpaired) electrons. The quantitative estimate of drug-likeness (QED) is 0.783. The largest absolute Gasteiger partial charge is 0.386 e. The van der Waals surface area contributed by atoms with Crippen LogP contribution in [0.5, 0.6) is 0 Å². The van der Waals surface area contributed by atoms with E-state index in [1.54, 1.807) is 6.07 Å². The third-order valence-corrected chi connectivity index (χ3v) is 5.00. The molecule has 22 heavy (non-hydrogen) atoms. The molecule has 0 bridgehead atoms. The van der Waals surface area contributed by atoms with Crippen molar-refractivity contribution in [3.05, 3.63) is 81.0 Å². The molecule has 2 nitrogen and oxygen atoms in total. The Labute approximate surface area is 137 Å². The molecule has 0 saturated carbocycles. The molecule has 112 valence electrons. The SMILES string of the molecule is Fc1ccc(C2C3=CCNC=C3NC3=C2C=CCC3)cc1Br. The fraction of sp³-hybridized carbons (Fsp3) is 0.222. The summed E-state index contributed by atoms with van der Waals surface area (Å²) in [7, 11) is 0. The van der Waals surface area contributed by atoms with Gasteiger partial charge < -0.3 is 10.6 Å². The summed E-state index contributed by atoms with van der Waals surface area (Å²) in [5, 5.41) is 6.82. The van der Waals surface area contributed by atoms with Crippen LogP contribution in [0.3, 0.4) is 0 Å². The van der Waals surface area contributed by atoms with E-state index < -0.39 is 0 Å². The standard InChI is InChI=1S/C18H16BrFN2/c19-14-9-11(5-6-15(14)20)18-12-3-1-2-4-16(12)22-17-10-21-8-7-13(17)18/h1,3,5-7,9-10,18,21-22H,2,4,8H2. The van der Waals surface area contributed by atoms with Crippen molar-refractivity contribution in [1.29, 1.82) is 0 Å². The molecule has 4 heteroatoms. The number of rotatable bonds is 1. The van der Waals surface area contributed by atoms with Gasteiger partial charge in [0.1, 0.15) is 5.82 Å². The molecule has 1 aromatic rings. The minimum atomic E-state index is -0.221. The van der Waals surface area contributed by atoms with Gasteiger partial charge in [0, 0.05) is 24.4 Å². The molecule has 1 aliphatic carbocycles. The number of halogens is 2. The van der Waals surface area contributed by atoms with Gasteiger partial charge in [0.15, 0.2) is 0 Å². The highest BCUT2D eigenvalue weighted by Crippen LogP contribution is 2.44. The zero-order valence-corrected chi connectivity index (χ0v) is 13.6. The number of dihydropyridines is 1. The second-order valence-corrected chi connectivity index (χ2v) is 6.59. The van der Waals surface area contributed by atoms with Crippen LogP contribution in [0.4, 0.5) is 4.39 Å². The van der Waals surface area contributed by atoms with Crippen LogP contribution in [0, 0.1) is 5.82 Å². The molecule has 0 aromatic heterocycles. The molecular weight excluding hydrogens is 343 g/mol. The molecule has 2 heterocycles. The Morgan fingerprint density at radius 3 is 3.05 bits per heavy atom. The Bertz CT molecular complexity index is 758. The molecular formula is C18H16BrFN2. The molecule has 0 amide bonds. The Kier molecular flexibility index (Phi) is 3.41. The minimum absolute atomic E-state index is 0.165. The van der Waals surface area contributed by atoms with Crippen molar-refractivity contribution in [1.82, 2.24) is 10.6 Å². The topological polar surface area (TPSA) is 24.1 Å². The average Bonchev–Trinajstić information content (AvgIpc) is 2.55. The van der Waals surface area contributed by atoms with Gasteiger partial charge in [0.05, 0.1) is 10.2 Å². The van der Waals surface area contributed by atoms with Crippen LogP contribution in [0.15, 0.2) is 69.6 Å². The summed E-state index contributed by atoms with van der Waals surface area (Å²) in [6.07, 6.45) is 10.8. The van der Waals surface area contributed by atoms with E-state index in [9.17, 15) is 4.39 Å². The highest BCUT2D eigenvalue weighted by atomic mass is 79.9. The number of allylic oxidation sites excluding steroid dienone is 5. The molecule has 2 aliphatic heterocycles. The van der Waals surface area contributed by atoms with Crippen molar-refractivity contribution < 1.29 is 4.39 Å². The lowest BCUT2D eigenvalue weighted by atomic mass is 9.77. The van der Waals surface area contributed by atoms with Gasteiger partial charge in [-0.05, 0) is 57.6 Å². The van der Waals surface area contributed by atoms with Crippen molar-refractivity contribution in [2.24, 2.45) is 0 Å². The van der Waals surface area contributed by atoms with Crippen molar-refractivity contribution in [2.45, 2.75) is 18.8 Å². The maximum atomic E-state index is 13.6. The monoisotopic (exact) mass is 358 g/mol. The number of fused-ring (bicyclic) bond motifs is 1. The van der Waals surface area contributed by atoms with Crippen molar-refractivity contribution in [2.75, 3.05) is 6.54 Å². The van der Waals surface area contributed by atoms with Gasteiger partial charge in [-0.3, -0.25) is 0 Å². The van der Waals surface area contributed by atoms with Crippen LogP contribution in [-0.2, 0) is 0 Å². The predicted molar refractivity (Wildman–Crippen MR) is 89.5 cm³/mol. The molecule has 1 aromatic carbocycles. The Morgan fingerprint density at radius 1 is 1.27 bits per heavy atom. The molecule has 0 saturated heterocycles. The summed E-state index contributed by atoms with van der Waals surface area (Å²) in [6.45, 7) is 0.825. The van der Waals surface area contributed by atoms with E-state index >= 15 is 0 Å². The maximum absolute atomic E-state index is 13.6. The van der Waals surface area contributed by atoms with Crippen molar-refractivity contribution in [3.63, 3.8) is 0 Å². The second-order valence-electron chi connectivity index (χ2n) is 5.73. The molecule has 2 N–H and O–H groups in total. The summed E-state index contributed by atoms with van der Waals surface area (Å²) < 4.78 is 14.1. The van der Waals surface area contributed by atoms with Crippen LogP contribution in [0.1, 0.15) is 24.3 Å². The second kappa shape index (κ2) is 5.43. The third-order valence-electron chi connectivity index (χ3n) is 4.39. The zero-order valence-electron chi connectivity index (χ0n) is 12.0. The third kappa shape index (κ3) is 2.22. The lowest BCUT2D eigenvalue weighted by molar-refractivity contribution is 0.619. The number of nitrogens with one attached hydrogen (secondary N) is 2. The van der Waals surface area contributed by atoms with E-state index in [4.69, 9.17) is 0 Å². The van der Waals surface area contributed by atoms with Crippen molar-refractivity contribution in [3.8, 4) is 0 Å². The number of hydrogen-bond acceptors (Lipinski definition) is 2. The fourth-order valence-electron chi connectivity index (χ4n) is 3.37. The Balaban J connectivity index is 1.89. The van der Waals surface area contributed by atoms with E-state index in [1.165, 1.54) is 16.8 Å². The minimum Gasteiger partial charge on any atom is -0.386 e. The van der Waals surface area contributed by atoms with Crippen molar-refractivity contribution >= 4 is 15.9 Å². The summed E-state index contributed by atoms with van der Waals surface area (Å²) in [5.41, 5.74) is 6.09. The first-order chi connectivity index (χ1) is 10.7. The van der Waals surface area contributed by atoms with E-state index in [0.717, 1.165) is 30.6 Å². The smallest absolute Gasteiger partial charge is 0.137 e. The van der Waals surface area contributed by atoms with Crippen LogP contribution >= 0.6 is 15.9 Å². The highest BCUT2D eigenvalue weighted by molar-refractivity contribution is 9.10. The molecule has 0 spiro atoms. The molecule has 4 rings (SSSR count). The first kappa shape index (κ1) is 13.8. The van der Waals surface area contributed by atoms with Crippen LogP contribution in [-0.4, -0.2) is 6.54 Å². The zero-order chi connectivity index (χ0) is 15.1. The molecule has 0 fully saturated rings. The van der Waals surface area contributed by atoms with Crippen LogP contribution < -0.4 is 10.6 Å². The van der Waals surface area contributed by atoms with E-state index in [0.29, 0.717) is 4.47 Å². The van der Waals surface area contributed by atoms with Gasteiger partial charge in [0.2, 0.25) is 0 Å². The highest BCUT2D eigenvalue weighted by Gasteiger charge is 2.31. The lowest BCUT2D eigenvalue weighted by Crippen LogP contribution is -2.32. The van der Waals surface area contributed by atoms with Gasteiger partial charge in [-0.15, -0.1) is 0 Å². The first-order valence-electron chi connectivity index (χ1n) is 7.49. The number of benzene rings is 1. The summed E-state index contributed by atoms with van der Waals surface area (Å²) in [5.74, 6) is -0.0563. The van der Waals surface area contributed by atoms with Gasteiger partial charge in [0.25, 0.3) is 0 Å². The Morgan fingerprint density at radius 2 is 2.18 bits per heavy atom. The lowest BCUT2D eigenvalue weighted by Gasteiger charge is -2.36. The first-order valence-corrected chi connectivity index (χ1v) is 8.29. The van der Waals surface area contributed by atoms with Gasteiger partial charge >= 0.3 is 0 Å². The van der Waals surface area contributed by atoms with Gasteiger partial charge in [-0.1, -0.05) is 24.3 Å². The summed E-state index contributed by atoms with van der Waals surface area (Å²) in [6, 6.07) is 5.34. The van der Waals surface area contributed by atoms with Gasteiger partial charge in [-0.2, -0.15) is 0 Å². The van der Waals surface area contributed by atoms with Crippen LogP contribution in [0.25, 0.3) is 0 Å². The fourth-order valence-corrected chi connectivity index (χ4v) is 3.77. The molecule has 1 unspecified atom stereocenters. The predicted octanol–water partition coefficient (Wildman–Crippen LogP) is 4.25. The van der Waals surface area contributed by atoms with E-state index in [1.807, 2.05) is 18.3 Å². The summed E-state index contributed by atoms with van der Waals surface area (Å²) in [4.78, 5) is 0. The van der Waals surface area contributed by atoms with E-state index in [2.05, 4.69) is 44.8 Å². The van der Waals surface area contributed by atoms with E-state index in [-0.39, 0.29) is 11.7 Å². The summed E-state index contributed by atoms with van der Waals surface area (Å²) >= 11 is 3.32. The van der Waals surface area contributed by atoms with Gasteiger partial charge in [-0.25, -0.2) is 4.39 Å². The van der Waals surface area contributed by atoms with Crippen LogP contribution in [0.2, 0.25) is 0 Å².